The quantitative estimate of drug-likeness (QED) is 0.533. The van der Waals surface area contributed by atoms with E-state index < -0.39 is 0 Å². The molecule has 0 heterocycles. The van der Waals surface area contributed by atoms with Crippen LogP contribution in [-0.2, 0) is 0 Å². The monoisotopic (exact) mass is 194 g/mol. The molecule has 0 N–H and O–H groups in total. The molecule has 0 saturated carbocycles. The summed E-state index contributed by atoms with van der Waals surface area (Å²) in [6.07, 6.45) is 10.4. The Labute approximate surface area is 91.1 Å². The van der Waals surface area contributed by atoms with E-state index in [9.17, 15) is 0 Å². The molecule has 82 valence electrons. The average molecular weight is 194 g/mol. The Hall–Kier alpha value is -1.30. The zero-order valence-electron chi connectivity index (χ0n) is 10.3. The van der Waals surface area contributed by atoms with Gasteiger partial charge in [0.2, 0.25) is 0 Å². The zero-order chi connectivity index (χ0) is 12.2. The summed E-state index contributed by atoms with van der Waals surface area (Å²) < 4.78 is 0. The van der Waals surface area contributed by atoms with Crippen LogP contribution in [0.5, 0.6) is 0 Å². The fourth-order valence-corrected chi connectivity index (χ4v) is 0.157. The molecule has 0 radical (unpaired) electrons. The Morgan fingerprint density at radius 1 is 0.500 bits per heavy atom. The molecule has 0 amide bonds. The smallest absolute Gasteiger partial charge is 0.0629 e. The van der Waals surface area contributed by atoms with Gasteiger partial charge in [-0.15, -0.1) is 0 Å². The minimum atomic E-state index is 1.64. The highest BCUT2D eigenvalue weighted by Gasteiger charge is 1.47. The van der Waals surface area contributed by atoms with Crippen molar-refractivity contribution in [1.29, 1.82) is 0 Å². The third-order valence-electron chi connectivity index (χ3n) is 0.550. The van der Waals surface area contributed by atoms with Crippen LogP contribution in [0.4, 0.5) is 0 Å². The molecule has 0 heteroatoms. The van der Waals surface area contributed by atoms with Gasteiger partial charge >= 0.3 is 0 Å². The topological polar surface area (TPSA) is 0 Å². The summed E-state index contributed by atoms with van der Waals surface area (Å²) in [6.45, 7) is 21.6. The van der Waals surface area contributed by atoms with Crippen LogP contribution in [0.25, 0.3) is 0 Å². The fraction of sp³-hybridized carbons (Fsp3) is 0.286. The van der Waals surface area contributed by atoms with E-state index in [1.54, 1.807) is 24.3 Å². The molecule has 0 unspecified atom stereocenters. The van der Waals surface area contributed by atoms with Gasteiger partial charge in [-0.2, -0.15) is 0 Å². The van der Waals surface area contributed by atoms with Gasteiger partial charge in [0.15, 0.2) is 0 Å². The summed E-state index contributed by atoms with van der Waals surface area (Å²) in [7, 11) is 0. The van der Waals surface area contributed by atoms with E-state index in [0.29, 0.717) is 0 Å². The van der Waals surface area contributed by atoms with Crippen molar-refractivity contribution in [3.8, 4) is 0 Å². The normalized spacial score (nSPS) is 6.00. The van der Waals surface area contributed by atoms with Crippen LogP contribution < -0.4 is 0 Å². The Morgan fingerprint density at radius 2 is 0.714 bits per heavy atom. The van der Waals surface area contributed by atoms with Crippen LogP contribution in [-0.4, -0.2) is 0 Å². The van der Waals surface area contributed by atoms with Gasteiger partial charge in [0.25, 0.3) is 0 Å². The summed E-state index contributed by atoms with van der Waals surface area (Å²) in [5.41, 5.74) is 0. The van der Waals surface area contributed by atoms with Gasteiger partial charge in [-0.1, -0.05) is 90.5 Å². The first kappa shape index (κ1) is 23.0. The second kappa shape index (κ2) is 60.6. The summed E-state index contributed by atoms with van der Waals surface area (Å²) in [6, 6.07) is 0. The van der Waals surface area contributed by atoms with Crippen molar-refractivity contribution in [2.45, 2.75) is 27.7 Å². The van der Waals surface area contributed by atoms with E-state index in [1.165, 1.54) is 0 Å². The minimum Gasteiger partial charge on any atom is -0.0991 e. The van der Waals surface area contributed by atoms with Crippen LogP contribution in [0.3, 0.4) is 0 Å². The summed E-state index contributed by atoms with van der Waals surface area (Å²) in [4.78, 5) is 0. The lowest BCUT2D eigenvalue weighted by molar-refractivity contribution is 1.50. The molecule has 0 aromatic carbocycles. The van der Waals surface area contributed by atoms with Gasteiger partial charge in [0.1, 0.15) is 0 Å². The molecule has 0 fully saturated rings. The van der Waals surface area contributed by atoms with Crippen molar-refractivity contribution in [2.24, 2.45) is 0 Å². The van der Waals surface area contributed by atoms with Gasteiger partial charge in [-0.05, 0) is 0 Å². The van der Waals surface area contributed by atoms with Crippen molar-refractivity contribution in [3.05, 3.63) is 62.8 Å². The maximum Gasteiger partial charge on any atom is -0.0629 e. The molecule has 0 aromatic heterocycles. The van der Waals surface area contributed by atoms with E-state index >= 15 is 0 Å². The summed E-state index contributed by atoms with van der Waals surface area (Å²) >= 11 is 0. The molecule has 0 aliphatic carbocycles. The van der Waals surface area contributed by atoms with Gasteiger partial charge in [0, 0.05) is 0 Å². The highest BCUT2D eigenvalue weighted by atomic mass is 13.5. The number of rotatable bonds is 3. The molecule has 0 nitrogen and oxygen atoms in total. The molecule has 0 aliphatic heterocycles. The lowest BCUT2D eigenvalue weighted by Crippen LogP contribution is -1.38. The standard InChI is InChI=1S/C6H8.C4H6.2C2H6/c1-3-5-6-4-2;1-3-4-2;2*1-2/h3-6H,1-2H2;3-4H,1-2H2;2*1-2H3/b6-5-;;;. The summed E-state index contributed by atoms with van der Waals surface area (Å²) in [5.74, 6) is 0. The van der Waals surface area contributed by atoms with Crippen molar-refractivity contribution < 1.29 is 0 Å². The van der Waals surface area contributed by atoms with Crippen molar-refractivity contribution >= 4 is 0 Å². The maximum absolute atomic E-state index is 3.46. The van der Waals surface area contributed by atoms with E-state index in [0.717, 1.165) is 0 Å². The van der Waals surface area contributed by atoms with E-state index in [4.69, 9.17) is 0 Å². The zero-order valence-corrected chi connectivity index (χ0v) is 10.3. The molecular formula is C14H26. The van der Waals surface area contributed by atoms with Crippen LogP contribution in [0, 0.1) is 0 Å². The molecule has 0 atom stereocenters. The fourth-order valence-electron chi connectivity index (χ4n) is 0.157. The number of allylic oxidation sites excluding steroid dienone is 6. The first-order valence-corrected chi connectivity index (χ1v) is 4.97. The van der Waals surface area contributed by atoms with E-state index in [-0.39, 0.29) is 0 Å². The molecule has 14 heavy (non-hydrogen) atoms. The second-order valence-electron chi connectivity index (χ2n) is 1.33. The summed E-state index contributed by atoms with van der Waals surface area (Å²) in [5, 5.41) is 0. The molecule has 0 aliphatic rings. The lowest BCUT2D eigenvalue weighted by Gasteiger charge is -1.60. The highest BCUT2D eigenvalue weighted by molar-refractivity contribution is 5.05. The van der Waals surface area contributed by atoms with Gasteiger partial charge in [-0.25, -0.2) is 0 Å². The van der Waals surface area contributed by atoms with E-state index in [1.807, 2.05) is 39.8 Å². The predicted molar refractivity (Wildman–Crippen MR) is 72.6 cm³/mol. The molecule has 0 rings (SSSR count). The SMILES string of the molecule is C=C/C=C\C=C.C=CC=C.CC.CC. The van der Waals surface area contributed by atoms with Crippen LogP contribution >= 0.6 is 0 Å². The Bertz CT molecular complexity index is 111. The van der Waals surface area contributed by atoms with Crippen LogP contribution in [0.15, 0.2) is 62.8 Å². The van der Waals surface area contributed by atoms with Gasteiger partial charge in [0.05, 0.1) is 0 Å². The van der Waals surface area contributed by atoms with Crippen LogP contribution in [0.2, 0.25) is 0 Å². The molecular weight excluding hydrogens is 168 g/mol. The third-order valence-corrected chi connectivity index (χ3v) is 0.550. The van der Waals surface area contributed by atoms with E-state index in [2.05, 4.69) is 26.3 Å². The molecule has 0 bridgehead atoms. The molecule has 0 saturated heterocycles. The Balaban J connectivity index is -0.0000000546. The van der Waals surface area contributed by atoms with Gasteiger partial charge < -0.3 is 0 Å². The van der Waals surface area contributed by atoms with Crippen LogP contribution in [0.1, 0.15) is 27.7 Å². The largest absolute Gasteiger partial charge is 0.0991 e. The number of hydrogen-bond acceptors (Lipinski definition) is 0. The molecule has 0 spiro atoms. The first-order valence-electron chi connectivity index (χ1n) is 4.97. The van der Waals surface area contributed by atoms with Crippen molar-refractivity contribution in [3.63, 3.8) is 0 Å². The second-order valence-corrected chi connectivity index (χ2v) is 1.33. The molecule has 0 aromatic rings. The van der Waals surface area contributed by atoms with Gasteiger partial charge in [-0.3, -0.25) is 0 Å². The first-order chi connectivity index (χ1) is 6.83. The predicted octanol–water partition coefficient (Wildman–Crippen LogP) is 5.33. The van der Waals surface area contributed by atoms with Crippen molar-refractivity contribution in [1.82, 2.24) is 0 Å². The maximum atomic E-state index is 3.46. The number of hydrogen-bond donors (Lipinski definition) is 0. The minimum absolute atomic E-state index is 1.64. The lowest BCUT2D eigenvalue weighted by atomic mass is 10.5. The highest BCUT2D eigenvalue weighted by Crippen LogP contribution is 1.69. The Morgan fingerprint density at radius 3 is 0.786 bits per heavy atom. The third kappa shape index (κ3) is 138. The Kier molecular flexibility index (Phi) is 99.5. The van der Waals surface area contributed by atoms with Crippen molar-refractivity contribution in [2.75, 3.05) is 0 Å². The average Bonchev–Trinajstić information content (AvgIpc) is 2.32.